The third-order valence-corrected chi connectivity index (χ3v) is 2.56. The van der Waals surface area contributed by atoms with Crippen molar-refractivity contribution in [2.45, 2.75) is 32.3 Å². The molecule has 0 aliphatic heterocycles. The fourth-order valence-electron chi connectivity index (χ4n) is 1.61. The van der Waals surface area contributed by atoms with E-state index in [4.69, 9.17) is 4.74 Å². The molecular weight excluding hydrogens is 228 g/mol. The van der Waals surface area contributed by atoms with Gasteiger partial charge in [-0.25, -0.2) is 4.79 Å². The zero-order valence-electron chi connectivity index (χ0n) is 10.7. The van der Waals surface area contributed by atoms with Crippen LogP contribution in [-0.4, -0.2) is 23.8 Å². The monoisotopic (exact) mass is 248 g/mol. The molecule has 0 aromatic heterocycles. The van der Waals surface area contributed by atoms with Crippen LogP contribution in [0.25, 0.3) is 0 Å². The summed E-state index contributed by atoms with van der Waals surface area (Å²) in [6.07, 6.45) is 4.62. The number of carbonyl (C=O) groups excluding carboxylic acids is 1. The number of ether oxygens (including phenoxy) is 1. The van der Waals surface area contributed by atoms with Crippen LogP contribution in [0.4, 0.5) is 0 Å². The van der Waals surface area contributed by atoms with Crippen molar-refractivity contribution in [3.63, 3.8) is 0 Å². The first kappa shape index (κ1) is 14.5. The second-order valence-corrected chi connectivity index (χ2v) is 4.07. The van der Waals surface area contributed by atoms with Gasteiger partial charge in [-0.05, 0) is 31.7 Å². The van der Waals surface area contributed by atoms with E-state index in [2.05, 4.69) is 0 Å². The number of benzene rings is 1. The average Bonchev–Trinajstić information content (AvgIpc) is 2.38. The summed E-state index contributed by atoms with van der Waals surface area (Å²) in [6, 6.07) is 10.0. The first-order chi connectivity index (χ1) is 8.72. The first-order valence-corrected chi connectivity index (χ1v) is 6.27. The van der Waals surface area contributed by atoms with Crippen molar-refractivity contribution in [3.8, 4) is 0 Å². The minimum Gasteiger partial charge on any atom is -0.463 e. The summed E-state index contributed by atoms with van der Waals surface area (Å²) in [4.78, 5) is 11.0. The fraction of sp³-hybridized carbons (Fsp3) is 0.400. The lowest BCUT2D eigenvalue weighted by atomic mass is 10.1. The van der Waals surface area contributed by atoms with E-state index in [0.29, 0.717) is 19.4 Å². The molecule has 0 aliphatic rings. The van der Waals surface area contributed by atoms with Crippen LogP contribution in [0.1, 0.15) is 25.3 Å². The summed E-state index contributed by atoms with van der Waals surface area (Å²) >= 11 is 0. The highest BCUT2D eigenvalue weighted by Crippen LogP contribution is 2.07. The van der Waals surface area contributed by atoms with Crippen LogP contribution in [0.15, 0.2) is 42.5 Å². The molecule has 98 valence electrons. The number of esters is 1. The molecular formula is C15H20O3. The predicted octanol–water partition coefficient (Wildman–Crippen LogP) is 2.49. The third-order valence-electron chi connectivity index (χ3n) is 2.56. The van der Waals surface area contributed by atoms with Gasteiger partial charge in [0.15, 0.2) is 0 Å². The number of hydrogen-bond donors (Lipinski definition) is 1. The molecule has 3 heteroatoms. The molecule has 0 heterocycles. The molecule has 1 N–H and O–H groups in total. The second kappa shape index (κ2) is 8.48. The van der Waals surface area contributed by atoms with Crippen molar-refractivity contribution in [1.29, 1.82) is 0 Å². The van der Waals surface area contributed by atoms with Crippen LogP contribution in [-0.2, 0) is 16.0 Å². The highest BCUT2D eigenvalue weighted by molar-refractivity contribution is 5.81. The van der Waals surface area contributed by atoms with Gasteiger partial charge < -0.3 is 9.84 Å². The molecule has 1 aromatic rings. The first-order valence-electron chi connectivity index (χ1n) is 6.27. The molecule has 0 saturated carbocycles. The van der Waals surface area contributed by atoms with Crippen molar-refractivity contribution in [2.24, 2.45) is 0 Å². The number of rotatable bonds is 7. The summed E-state index contributed by atoms with van der Waals surface area (Å²) in [7, 11) is 0. The number of aliphatic hydroxyl groups is 1. The summed E-state index contributed by atoms with van der Waals surface area (Å²) < 4.78 is 4.75. The summed E-state index contributed by atoms with van der Waals surface area (Å²) in [5, 5.41) is 9.75. The molecule has 0 bridgehead atoms. The van der Waals surface area contributed by atoms with Gasteiger partial charge in [0, 0.05) is 6.08 Å². The summed E-state index contributed by atoms with van der Waals surface area (Å²) in [5.41, 5.74) is 1.21. The third kappa shape index (κ3) is 6.21. The van der Waals surface area contributed by atoms with Crippen LogP contribution < -0.4 is 0 Å². The summed E-state index contributed by atoms with van der Waals surface area (Å²) in [6.45, 7) is 2.14. The maximum Gasteiger partial charge on any atom is 0.330 e. The standard InChI is InChI=1S/C15H20O3/c1-2-18-15(17)10-6-9-14(16)12-11-13-7-4-3-5-8-13/h3-8,10,14,16H,2,9,11-12H2,1H3/b10-6+/t14-/m0/s1. The van der Waals surface area contributed by atoms with E-state index in [9.17, 15) is 9.90 Å². The lowest BCUT2D eigenvalue weighted by molar-refractivity contribution is -0.137. The van der Waals surface area contributed by atoms with E-state index in [-0.39, 0.29) is 5.97 Å². The number of aryl methyl sites for hydroxylation is 1. The molecule has 0 spiro atoms. The van der Waals surface area contributed by atoms with Gasteiger partial charge in [-0.2, -0.15) is 0 Å². The number of aliphatic hydroxyl groups excluding tert-OH is 1. The zero-order valence-corrected chi connectivity index (χ0v) is 10.7. The van der Waals surface area contributed by atoms with Crippen LogP contribution in [0.2, 0.25) is 0 Å². The Morgan fingerprint density at radius 1 is 1.39 bits per heavy atom. The fourth-order valence-corrected chi connectivity index (χ4v) is 1.61. The van der Waals surface area contributed by atoms with Crippen molar-refractivity contribution in [2.75, 3.05) is 6.61 Å². The molecule has 3 nitrogen and oxygen atoms in total. The Morgan fingerprint density at radius 3 is 2.78 bits per heavy atom. The van der Waals surface area contributed by atoms with E-state index in [1.807, 2.05) is 30.3 Å². The minimum atomic E-state index is -0.420. The van der Waals surface area contributed by atoms with Gasteiger partial charge in [0.2, 0.25) is 0 Å². The second-order valence-electron chi connectivity index (χ2n) is 4.07. The van der Waals surface area contributed by atoms with E-state index in [1.54, 1.807) is 13.0 Å². The Labute approximate surface area is 108 Å². The van der Waals surface area contributed by atoms with Crippen LogP contribution in [0, 0.1) is 0 Å². The average molecular weight is 248 g/mol. The molecule has 0 saturated heterocycles. The Morgan fingerprint density at radius 2 is 2.11 bits per heavy atom. The number of hydrogen-bond acceptors (Lipinski definition) is 3. The van der Waals surface area contributed by atoms with Crippen LogP contribution in [0.5, 0.6) is 0 Å². The molecule has 0 aliphatic carbocycles. The van der Waals surface area contributed by atoms with Crippen molar-refractivity contribution in [1.82, 2.24) is 0 Å². The lowest BCUT2D eigenvalue weighted by Gasteiger charge is -2.07. The number of carbonyl (C=O) groups is 1. The Hall–Kier alpha value is -1.61. The molecule has 1 rings (SSSR count). The molecule has 0 unspecified atom stereocenters. The smallest absolute Gasteiger partial charge is 0.330 e. The topological polar surface area (TPSA) is 46.5 Å². The molecule has 0 amide bonds. The van der Waals surface area contributed by atoms with Gasteiger partial charge >= 0.3 is 5.97 Å². The Kier molecular flexibility index (Phi) is 6.81. The van der Waals surface area contributed by atoms with Crippen molar-refractivity contribution < 1.29 is 14.6 Å². The van der Waals surface area contributed by atoms with E-state index < -0.39 is 6.10 Å². The molecule has 1 aromatic carbocycles. The Balaban J connectivity index is 2.22. The Bertz CT molecular complexity index is 371. The zero-order chi connectivity index (χ0) is 13.2. The van der Waals surface area contributed by atoms with Crippen molar-refractivity contribution >= 4 is 5.97 Å². The van der Waals surface area contributed by atoms with Crippen LogP contribution in [0.3, 0.4) is 0 Å². The maximum absolute atomic E-state index is 11.0. The molecule has 0 fully saturated rings. The quantitative estimate of drug-likeness (QED) is 0.595. The molecule has 0 radical (unpaired) electrons. The maximum atomic E-state index is 11.0. The van der Waals surface area contributed by atoms with Gasteiger partial charge in [0.25, 0.3) is 0 Å². The van der Waals surface area contributed by atoms with E-state index >= 15 is 0 Å². The predicted molar refractivity (Wildman–Crippen MR) is 71.2 cm³/mol. The molecule has 1 atom stereocenters. The highest BCUT2D eigenvalue weighted by atomic mass is 16.5. The largest absolute Gasteiger partial charge is 0.463 e. The van der Waals surface area contributed by atoms with Gasteiger partial charge in [-0.1, -0.05) is 36.4 Å². The van der Waals surface area contributed by atoms with Crippen molar-refractivity contribution in [3.05, 3.63) is 48.0 Å². The molecule has 18 heavy (non-hydrogen) atoms. The van der Waals surface area contributed by atoms with Gasteiger partial charge in [-0.15, -0.1) is 0 Å². The minimum absolute atomic E-state index is 0.354. The highest BCUT2D eigenvalue weighted by Gasteiger charge is 2.03. The normalized spacial score (nSPS) is 12.6. The lowest BCUT2D eigenvalue weighted by Crippen LogP contribution is -2.07. The van der Waals surface area contributed by atoms with E-state index in [0.717, 1.165) is 6.42 Å². The SMILES string of the molecule is CCOC(=O)/C=C/C[C@H](O)CCc1ccccc1. The summed E-state index contributed by atoms with van der Waals surface area (Å²) in [5.74, 6) is -0.354. The van der Waals surface area contributed by atoms with Crippen LogP contribution >= 0.6 is 0 Å². The van der Waals surface area contributed by atoms with Gasteiger partial charge in [0.05, 0.1) is 12.7 Å². The van der Waals surface area contributed by atoms with Gasteiger partial charge in [0.1, 0.15) is 0 Å². The van der Waals surface area contributed by atoms with E-state index in [1.165, 1.54) is 11.6 Å². The van der Waals surface area contributed by atoms with Gasteiger partial charge in [-0.3, -0.25) is 0 Å².